The number of ether oxygens (including phenoxy) is 1. The second-order valence-corrected chi connectivity index (χ2v) is 7.16. The molecule has 0 atom stereocenters. The van der Waals surface area contributed by atoms with Gasteiger partial charge in [0.1, 0.15) is 11.3 Å². The van der Waals surface area contributed by atoms with Crippen LogP contribution in [0.25, 0.3) is 22.2 Å². The number of carbonyl (C=O) groups is 1. The molecule has 5 nitrogen and oxygen atoms in total. The molecule has 1 aromatic heterocycles. The van der Waals surface area contributed by atoms with Crippen LogP contribution in [0.4, 0.5) is 0 Å². The fraction of sp³-hybridized carbons (Fsp3) is 0.261. The van der Waals surface area contributed by atoms with Crippen LogP contribution in [0.1, 0.15) is 36.0 Å². The largest absolute Gasteiger partial charge is 0.497 e. The SMILES string of the molecule is COc1ccc(-c2cc(C(=O)NC3(C#N)CCCC3)c3ccccc3n2)cc1. The predicted molar refractivity (Wildman–Crippen MR) is 108 cm³/mol. The highest BCUT2D eigenvalue weighted by molar-refractivity contribution is 6.07. The second kappa shape index (κ2) is 7.32. The van der Waals surface area contributed by atoms with Crippen molar-refractivity contribution in [1.82, 2.24) is 10.3 Å². The number of fused-ring (bicyclic) bond motifs is 1. The van der Waals surface area contributed by atoms with Gasteiger partial charge in [0.15, 0.2) is 0 Å². The van der Waals surface area contributed by atoms with Gasteiger partial charge in [0, 0.05) is 10.9 Å². The van der Waals surface area contributed by atoms with Crippen molar-refractivity contribution < 1.29 is 9.53 Å². The van der Waals surface area contributed by atoms with Crippen molar-refractivity contribution in [3.63, 3.8) is 0 Å². The molecule has 0 saturated heterocycles. The zero-order valence-electron chi connectivity index (χ0n) is 15.7. The molecule has 140 valence electrons. The highest BCUT2D eigenvalue weighted by Gasteiger charge is 2.36. The standard InChI is InChI=1S/C23H21N3O2/c1-28-17-10-8-16(9-11-17)21-14-19(18-6-2-3-7-20(18)25-21)22(27)26-23(15-24)12-4-5-13-23/h2-3,6-11,14H,4-5,12-13H2,1H3,(H,26,27). The molecule has 3 aromatic rings. The average Bonchev–Trinajstić information content (AvgIpc) is 3.22. The third-order valence-corrected chi connectivity index (χ3v) is 5.37. The van der Waals surface area contributed by atoms with Gasteiger partial charge in [0.25, 0.3) is 5.91 Å². The Kier molecular flexibility index (Phi) is 4.70. The Morgan fingerprint density at radius 1 is 1.14 bits per heavy atom. The molecule has 0 aliphatic heterocycles. The van der Waals surface area contributed by atoms with E-state index in [1.807, 2.05) is 48.5 Å². The molecule has 1 aliphatic rings. The van der Waals surface area contributed by atoms with Gasteiger partial charge in [-0.3, -0.25) is 4.79 Å². The molecule has 0 radical (unpaired) electrons. The van der Waals surface area contributed by atoms with E-state index in [0.717, 1.165) is 35.1 Å². The van der Waals surface area contributed by atoms with Crippen LogP contribution in [0, 0.1) is 11.3 Å². The minimum atomic E-state index is -0.762. The number of hydrogen-bond donors (Lipinski definition) is 1. The summed E-state index contributed by atoms with van der Waals surface area (Å²) in [6.45, 7) is 0. The lowest BCUT2D eigenvalue weighted by Gasteiger charge is -2.22. The number of nitrogens with zero attached hydrogens (tertiary/aromatic N) is 2. The van der Waals surface area contributed by atoms with Gasteiger partial charge in [-0.2, -0.15) is 5.26 Å². The fourth-order valence-electron chi connectivity index (χ4n) is 3.80. The molecule has 4 rings (SSSR count). The van der Waals surface area contributed by atoms with E-state index in [4.69, 9.17) is 9.72 Å². The Balaban J connectivity index is 1.78. The highest BCUT2D eigenvalue weighted by atomic mass is 16.5. The summed E-state index contributed by atoms with van der Waals surface area (Å²) >= 11 is 0. The number of rotatable bonds is 4. The maximum Gasteiger partial charge on any atom is 0.253 e. The van der Waals surface area contributed by atoms with E-state index < -0.39 is 5.54 Å². The first kappa shape index (κ1) is 18.0. The molecule has 1 saturated carbocycles. The molecule has 5 heteroatoms. The number of hydrogen-bond acceptors (Lipinski definition) is 4. The Labute approximate surface area is 164 Å². The first-order valence-corrected chi connectivity index (χ1v) is 9.42. The molecule has 1 fully saturated rings. The van der Waals surface area contributed by atoms with E-state index in [2.05, 4.69) is 11.4 Å². The molecule has 0 unspecified atom stereocenters. The van der Waals surface area contributed by atoms with Crippen LogP contribution in [0.3, 0.4) is 0 Å². The Hall–Kier alpha value is -3.39. The van der Waals surface area contributed by atoms with Crippen LogP contribution in [0.2, 0.25) is 0 Å². The number of aromatic nitrogens is 1. The molecule has 1 N–H and O–H groups in total. The zero-order chi connectivity index (χ0) is 19.6. The summed E-state index contributed by atoms with van der Waals surface area (Å²) < 4.78 is 5.22. The lowest BCUT2D eigenvalue weighted by Crippen LogP contribution is -2.45. The average molecular weight is 371 g/mol. The summed E-state index contributed by atoms with van der Waals surface area (Å²) in [5, 5.41) is 13.4. The minimum Gasteiger partial charge on any atom is -0.497 e. The third kappa shape index (κ3) is 3.29. The second-order valence-electron chi connectivity index (χ2n) is 7.16. The number of nitrogens with one attached hydrogen (secondary N) is 1. The summed E-state index contributed by atoms with van der Waals surface area (Å²) in [5.74, 6) is 0.538. The van der Waals surface area contributed by atoms with Crippen LogP contribution in [0.15, 0.2) is 54.6 Å². The van der Waals surface area contributed by atoms with Crippen molar-refractivity contribution in [2.75, 3.05) is 7.11 Å². The molecule has 1 heterocycles. The third-order valence-electron chi connectivity index (χ3n) is 5.37. The van der Waals surface area contributed by atoms with Crippen molar-refractivity contribution in [2.45, 2.75) is 31.2 Å². The molecular weight excluding hydrogens is 350 g/mol. The van der Waals surface area contributed by atoms with Gasteiger partial charge in [-0.1, -0.05) is 18.2 Å². The summed E-state index contributed by atoms with van der Waals surface area (Å²) in [4.78, 5) is 17.9. The minimum absolute atomic E-state index is 0.225. The number of amides is 1. The first-order valence-electron chi connectivity index (χ1n) is 9.42. The summed E-state index contributed by atoms with van der Waals surface area (Å²) in [6.07, 6.45) is 3.32. The van der Waals surface area contributed by atoms with Crippen LogP contribution in [-0.4, -0.2) is 23.5 Å². The number of carbonyl (C=O) groups excluding carboxylic acids is 1. The molecule has 28 heavy (non-hydrogen) atoms. The molecule has 0 bridgehead atoms. The number of para-hydroxylation sites is 1. The van der Waals surface area contributed by atoms with Crippen LogP contribution in [-0.2, 0) is 0 Å². The molecule has 0 spiro atoms. The van der Waals surface area contributed by atoms with Gasteiger partial charge >= 0.3 is 0 Å². The van der Waals surface area contributed by atoms with Gasteiger partial charge in [0.05, 0.1) is 30.0 Å². The molecule has 2 aromatic carbocycles. The zero-order valence-corrected chi connectivity index (χ0v) is 15.7. The van der Waals surface area contributed by atoms with E-state index >= 15 is 0 Å². The fourth-order valence-corrected chi connectivity index (χ4v) is 3.80. The quantitative estimate of drug-likeness (QED) is 0.734. The van der Waals surface area contributed by atoms with Gasteiger partial charge in [-0.05, 0) is 62.1 Å². The van der Waals surface area contributed by atoms with Crippen molar-refractivity contribution in [1.29, 1.82) is 5.26 Å². The monoisotopic (exact) mass is 371 g/mol. The van der Waals surface area contributed by atoms with Crippen molar-refractivity contribution in [2.24, 2.45) is 0 Å². The Morgan fingerprint density at radius 2 is 1.86 bits per heavy atom. The highest BCUT2D eigenvalue weighted by Crippen LogP contribution is 2.31. The number of benzene rings is 2. The molecule has 1 aliphatic carbocycles. The van der Waals surface area contributed by atoms with E-state index in [1.165, 1.54) is 0 Å². The maximum absolute atomic E-state index is 13.2. The van der Waals surface area contributed by atoms with E-state index in [9.17, 15) is 10.1 Å². The van der Waals surface area contributed by atoms with Gasteiger partial charge < -0.3 is 10.1 Å². The van der Waals surface area contributed by atoms with Crippen molar-refractivity contribution in [3.05, 3.63) is 60.2 Å². The van der Waals surface area contributed by atoms with Crippen LogP contribution in [0.5, 0.6) is 5.75 Å². The van der Waals surface area contributed by atoms with E-state index in [0.29, 0.717) is 24.1 Å². The van der Waals surface area contributed by atoms with Gasteiger partial charge in [-0.15, -0.1) is 0 Å². The smallest absolute Gasteiger partial charge is 0.253 e. The van der Waals surface area contributed by atoms with Crippen LogP contribution < -0.4 is 10.1 Å². The summed E-state index contributed by atoms with van der Waals surface area (Å²) in [6, 6.07) is 19.3. The Morgan fingerprint density at radius 3 is 2.54 bits per heavy atom. The summed E-state index contributed by atoms with van der Waals surface area (Å²) in [5.41, 5.74) is 2.14. The summed E-state index contributed by atoms with van der Waals surface area (Å²) in [7, 11) is 1.62. The topological polar surface area (TPSA) is 75.0 Å². The number of nitriles is 1. The van der Waals surface area contributed by atoms with Crippen molar-refractivity contribution in [3.8, 4) is 23.1 Å². The predicted octanol–water partition coefficient (Wildman–Crippen LogP) is 4.48. The van der Waals surface area contributed by atoms with Gasteiger partial charge in [-0.25, -0.2) is 4.98 Å². The van der Waals surface area contributed by atoms with Crippen LogP contribution >= 0.6 is 0 Å². The maximum atomic E-state index is 13.2. The van der Waals surface area contributed by atoms with Gasteiger partial charge in [0.2, 0.25) is 0 Å². The number of methoxy groups -OCH3 is 1. The Bertz CT molecular complexity index is 1060. The lowest BCUT2D eigenvalue weighted by molar-refractivity contribution is 0.0922. The molecule has 1 amide bonds. The van der Waals surface area contributed by atoms with Crippen molar-refractivity contribution >= 4 is 16.8 Å². The normalized spacial score (nSPS) is 15.1. The lowest BCUT2D eigenvalue weighted by atomic mass is 9.97. The van der Waals surface area contributed by atoms with E-state index in [-0.39, 0.29) is 5.91 Å². The first-order chi connectivity index (χ1) is 13.6. The van der Waals surface area contributed by atoms with E-state index in [1.54, 1.807) is 13.2 Å². The molecular formula is C23H21N3O2. The number of pyridine rings is 1.